The van der Waals surface area contributed by atoms with Crippen molar-refractivity contribution in [2.45, 2.75) is 25.1 Å². The van der Waals surface area contributed by atoms with Gasteiger partial charge in [-0.3, -0.25) is 4.79 Å². The number of pyridine rings is 1. The first-order chi connectivity index (χ1) is 10.3. The van der Waals surface area contributed by atoms with Gasteiger partial charge in [-0.05, 0) is 37.4 Å². The molecule has 3 rings (SSSR count). The second-order valence-electron chi connectivity index (χ2n) is 5.85. The summed E-state index contributed by atoms with van der Waals surface area (Å²) in [6.07, 6.45) is -3.02. The Kier molecular flexibility index (Phi) is 3.80. The number of nitrogens with zero attached hydrogens (tertiary/aromatic N) is 2. The molecule has 2 saturated heterocycles. The number of aromatic nitrogens is 1. The maximum absolute atomic E-state index is 13.2. The Morgan fingerprint density at radius 3 is 2.77 bits per heavy atom. The highest BCUT2D eigenvalue weighted by Crippen LogP contribution is 2.30. The SMILES string of the molecule is O=C(N[C@@H]1CC2CCN(C2)C1)c1ccc(F)c(C(F)(F)F)n1. The Morgan fingerprint density at radius 2 is 2.09 bits per heavy atom. The van der Waals surface area contributed by atoms with Crippen LogP contribution in [0.1, 0.15) is 29.0 Å². The van der Waals surface area contributed by atoms with E-state index in [-0.39, 0.29) is 6.04 Å². The molecular formula is C14H15F4N3O. The minimum atomic E-state index is -4.92. The van der Waals surface area contributed by atoms with Crippen LogP contribution in [0.15, 0.2) is 12.1 Å². The smallest absolute Gasteiger partial charge is 0.347 e. The molecule has 22 heavy (non-hydrogen) atoms. The van der Waals surface area contributed by atoms with Gasteiger partial charge in [0.25, 0.3) is 5.91 Å². The monoisotopic (exact) mass is 317 g/mol. The van der Waals surface area contributed by atoms with Crippen LogP contribution in [0.3, 0.4) is 0 Å². The summed E-state index contributed by atoms with van der Waals surface area (Å²) in [5, 5.41) is 2.70. The standard InChI is InChI=1S/C14H15F4N3O/c15-10-1-2-11(20-12(10)14(16,17)18)13(22)19-9-5-8-3-4-21(6-8)7-9/h1-2,8-9H,3-7H2,(H,19,22)/t8?,9-/m1/s1. The van der Waals surface area contributed by atoms with Crippen molar-refractivity contribution in [1.82, 2.24) is 15.2 Å². The van der Waals surface area contributed by atoms with Crippen LogP contribution in [0.2, 0.25) is 0 Å². The van der Waals surface area contributed by atoms with Gasteiger partial charge in [0.15, 0.2) is 11.5 Å². The van der Waals surface area contributed by atoms with Gasteiger partial charge >= 0.3 is 6.18 Å². The van der Waals surface area contributed by atoms with Gasteiger partial charge in [-0.25, -0.2) is 9.37 Å². The van der Waals surface area contributed by atoms with E-state index in [1.807, 2.05) is 0 Å². The lowest BCUT2D eigenvalue weighted by Crippen LogP contribution is -2.47. The van der Waals surface area contributed by atoms with Crippen molar-refractivity contribution in [1.29, 1.82) is 0 Å². The lowest BCUT2D eigenvalue weighted by Gasteiger charge is -2.30. The van der Waals surface area contributed by atoms with E-state index < -0.39 is 29.3 Å². The summed E-state index contributed by atoms with van der Waals surface area (Å²) in [5.41, 5.74) is -2.07. The third-order valence-corrected chi connectivity index (χ3v) is 4.15. The highest BCUT2D eigenvalue weighted by Gasteiger charge is 2.37. The molecule has 0 spiro atoms. The summed E-state index contributed by atoms with van der Waals surface area (Å²) in [5.74, 6) is -1.66. The van der Waals surface area contributed by atoms with E-state index in [0.29, 0.717) is 18.5 Å². The van der Waals surface area contributed by atoms with Gasteiger partial charge in [-0.15, -0.1) is 0 Å². The highest BCUT2D eigenvalue weighted by molar-refractivity contribution is 5.92. The molecule has 1 N–H and O–H groups in total. The number of piperidine rings is 1. The lowest BCUT2D eigenvalue weighted by molar-refractivity contribution is -0.143. The topological polar surface area (TPSA) is 45.2 Å². The Hall–Kier alpha value is -1.70. The summed E-state index contributed by atoms with van der Waals surface area (Å²) in [6, 6.07) is 1.49. The van der Waals surface area contributed by atoms with Crippen LogP contribution < -0.4 is 5.32 Å². The zero-order chi connectivity index (χ0) is 15.9. The molecule has 1 aromatic rings. The number of carbonyl (C=O) groups excluding carboxylic acids is 1. The number of fused-ring (bicyclic) bond motifs is 2. The van der Waals surface area contributed by atoms with E-state index in [1.165, 1.54) is 0 Å². The van der Waals surface area contributed by atoms with Crippen molar-refractivity contribution in [2.24, 2.45) is 5.92 Å². The predicted molar refractivity (Wildman–Crippen MR) is 69.6 cm³/mol. The fraction of sp³-hybridized carbons (Fsp3) is 0.571. The molecule has 1 aromatic heterocycles. The Balaban J connectivity index is 1.72. The van der Waals surface area contributed by atoms with Crippen LogP contribution in [0.5, 0.6) is 0 Å². The van der Waals surface area contributed by atoms with Gasteiger partial charge in [0.1, 0.15) is 5.69 Å². The minimum absolute atomic E-state index is 0.102. The molecule has 0 aromatic carbocycles. The maximum atomic E-state index is 13.2. The van der Waals surface area contributed by atoms with Gasteiger partial charge in [0.05, 0.1) is 0 Å². The molecule has 2 aliphatic rings. The van der Waals surface area contributed by atoms with Crippen molar-refractivity contribution in [3.8, 4) is 0 Å². The van der Waals surface area contributed by atoms with Gasteiger partial charge in [0, 0.05) is 19.1 Å². The van der Waals surface area contributed by atoms with Crippen LogP contribution in [0.4, 0.5) is 17.6 Å². The molecule has 0 saturated carbocycles. The van der Waals surface area contributed by atoms with Crippen molar-refractivity contribution < 1.29 is 22.4 Å². The third kappa shape index (κ3) is 3.06. The van der Waals surface area contributed by atoms with E-state index in [2.05, 4.69) is 15.2 Å². The van der Waals surface area contributed by atoms with E-state index in [1.54, 1.807) is 0 Å². The number of hydrogen-bond donors (Lipinski definition) is 1. The first-order valence-corrected chi connectivity index (χ1v) is 7.10. The molecule has 1 amide bonds. The van der Waals surface area contributed by atoms with Crippen molar-refractivity contribution >= 4 is 5.91 Å². The van der Waals surface area contributed by atoms with Crippen LogP contribution in [-0.4, -0.2) is 41.5 Å². The Labute approximate surface area is 124 Å². The average molecular weight is 317 g/mol. The summed E-state index contributed by atoms with van der Waals surface area (Å²) in [6.45, 7) is 2.69. The minimum Gasteiger partial charge on any atom is -0.347 e. The summed E-state index contributed by atoms with van der Waals surface area (Å²) in [4.78, 5) is 17.4. The summed E-state index contributed by atoms with van der Waals surface area (Å²) < 4.78 is 51.0. The number of amides is 1. The molecule has 2 fully saturated rings. The zero-order valence-corrected chi connectivity index (χ0v) is 11.7. The predicted octanol–water partition coefficient (Wildman–Crippen LogP) is 2.06. The zero-order valence-electron chi connectivity index (χ0n) is 11.7. The van der Waals surface area contributed by atoms with Crippen LogP contribution in [0.25, 0.3) is 0 Å². The molecule has 120 valence electrons. The van der Waals surface area contributed by atoms with Gasteiger partial charge in [-0.2, -0.15) is 13.2 Å². The first-order valence-electron chi connectivity index (χ1n) is 7.10. The largest absolute Gasteiger partial charge is 0.436 e. The van der Waals surface area contributed by atoms with Crippen LogP contribution >= 0.6 is 0 Å². The molecule has 2 aliphatic heterocycles. The van der Waals surface area contributed by atoms with Gasteiger partial charge in [-0.1, -0.05) is 0 Å². The van der Waals surface area contributed by atoms with Crippen LogP contribution in [-0.2, 0) is 6.18 Å². The van der Waals surface area contributed by atoms with E-state index in [4.69, 9.17) is 0 Å². The third-order valence-electron chi connectivity index (χ3n) is 4.15. The molecule has 4 nitrogen and oxygen atoms in total. The summed E-state index contributed by atoms with van der Waals surface area (Å²) >= 11 is 0. The van der Waals surface area contributed by atoms with Gasteiger partial charge in [0.2, 0.25) is 0 Å². The van der Waals surface area contributed by atoms with Crippen molar-refractivity contribution in [3.05, 3.63) is 29.3 Å². The number of nitrogens with one attached hydrogen (secondary N) is 1. The highest BCUT2D eigenvalue weighted by atomic mass is 19.4. The van der Waals surface area contributed by atoms with Crippen molar-refractivity contribution in [2.75, 3.05) is 19.6 Å². The molecule has 2 unspecified atom stereocenters. The lowest BCUT2D eigenvalue weighted by atomic mass is 9.97. The second kappa shape index (κ2) is 5.49. The average Bonchev–Trinajstić information content (AvgIpc) is 2.77. The molecule has 0 radical (unpaired) electrons. The fourth-order valence-electron chi connectivity index (χ4n) is 3.19. The number of halogens is 4. The first kappa shape index (κ1) is 15.2. The molecule has 3 atom stereocenters. The second-order valence-corrected chi connectivity index (χ2v) is 5.85. The molecule has 0 aliphatic carbocycles. The number of hydrogen-bond acceptors (Lipinski definition) is 3. The van der Waals surface area contributed by atoms with Crippen LogP contribution in [0, 0.1) is 11.7 Å². The Bertz CT molecular complexity index is 578. The quantitative estimate of drug-likeness (QED) is 0.849. The van der Waals surface area contributed by atoms with Gasteiger partial charge < -0.3 is 10.2 Å². The van der Waals surface area contributed by atoms with E-state index in [0.717, 1.165) is 32.0 Å². The summed E-state index contributed by atoms with van der Waals surface area (Å²) in [7, 11) is 0. The number of alkyl halides is 3. The maximum Gasteiger partial charge on any atom is 0.436 e. The van der Waals surface area contributed by atoms with Crippen molar-refractivity contribution in [3.63, 3.8) is 0 Å². The number of carbonyl (C=O) groups is 1. The molecule has 3 heterocycles. The number of rotatable bonds is 2. The molecule has 8 heteroatoms. The fourth-order valence-corrected chi connectivity index (χ4v) is 3.19. The van der Waals surface area contributed by atoms with E-state index in [9.17, 15) is 22.4 Å². The molecular weight excluding hydrogens is 302 g/mol. The normalized spacial score (nSPS) is 27.7. The molecule has 2 bridgehead atoms. The Morgan fingerprint density at radius 1 is 1.32 bits per heavy atom. The van der Waals surface area contributed by atoms with E-state index >= 15 is 0 Å².